The number of alkyl carbamates (subject to hydrolysis) is 1. The predicted molar refractivity (Wildman–Crippen MR) is 135 cm³/mol. The summed E-state index contributed by atoms with van der Waals surface area (Å²) >= 11 is 0. The normalized spacial score (nSPS) is 24.5. The van der Waals surface area contributed by atoms with Crippen LogP contribution in [0.1, 0.15) is 90.4 Å². The van der Waals surface area contributed by atoms with E-state index in [1.165, 1.54) is 38.5 Å². The second-order valence-corrected chi connectivity index (χ2v) is 10.6. The SMILES string of the molecule is CCOC(=O)N[C@H](CC1CCCCC1)C(=O)N1C[C@H](C(=N)N)C[C@H]1C(=O)NCCC1CCCCC1. The lowest BCUT2D eigenvalue weighted by Gasteiger charge is -2.31. The first-order valence-corrected chi connectivity index (χ1v) is 13.7. The van der Waals surface area contributed by atoms with Gasteiger partial charge in [-0.05, 0) is 38.0 Å². The van der Waals surface area contributed by atoms with Crippen LogP contribution in [-0.2, 0) is 14.3 Å². The molecule has 9 heteroatoms. The number of nitrogens with two attached hydrogens (primary N) is 1. The highest BCUT2D eigenvalue weighted by Crippen LogP contribution is 2.30. The van der Waals surface area contributed by atoms with Crippen LogP contribution in [0.5, 0.6) is 0 Å². The molecular weight excluding hydrogens is 446 g/mol. The van der Waals surface area contributed by atoms with Gasteiger partial charge in [0.05, 0.1) is 12.4 Å². The Bertz CT molecular complexity index is 733. The maximum absolute atomic E-state index is 13.7. The van der Waals surface area contributed by atoms with Gasteiger partial charge in [0.2, 0.25) is 11.8 Å². The van der Waals surface area contributed by atoms with Crippen LogP contribution in [0.15, 0.2) is 0 Å². The number of amidine groups is 1. The molecule has 0 unspecified atom stereocenters. The molecule has 9 nitrogen and oxygen atoms in total. The van der Waals surface area contributed by atoms with Crippen molar-refractivity contribution in [3.8, 4) is 0 Å². The molecule has 1 aliphatic heterocycles. The summed E-state index contributed by atoms with van der Waals surface area (Å²) in [6.45, 7) is 2.77. The van der Waals surface area contributed by atoms with Crippen LogP contribution in [0.4, 0.5) is 4.79 Å². The van der Waals surface area contributed by atoms with E-state index in [1.54, 1.807) is 11.8 Å². The third-order valence-electron chi connectivity index (χ3n) is 8.06. The minimum Gasteiger partial charge on any atom is -0.450 e. The molecule has 198 valence electrons. The lowest BCUT2D eigenvalue weighted by Crippen LogP contribution is -2.54. The Labute approximate surface area is 209 Å². The topological polar surface area (TPSA) is 138 Å². The van der Waals surface area contributed by atoms with Crippen molar-refractivity contribution in [3.05, 3.63) is 0 Å². The molecule has 35 heavy (non-hydrogen) atoms. The van der Waals surface area contributed by atoms with Crippen molar-refractivity contribution in [2.24, 2.45) is 23.5 Å². The first-order chi connectivity index (χ1) is 16.9. The van der Waals surface area contributed by atoms with Crippen LogP contribution in [0.2, 0.25) is 0 Å². The molecule has 3 amide bonds. The van der Waals surface area contributed by atoms with Crippen molar-refractivity contribution in [3.63, 3.8) is 0 Å². The predicted octanol–water partition coefficient (Wildman–Crippen LogP) is 3.31. The third-order valence-corrected chi connectivity index (χ3v) is 8.06. The monoisotopic (exact) mass is 491 g/mol. The van der Waals surface area contributed by atoms with Crippen molar-refractivity contribution in [1.29, 1.82) is 5.41 Å². The van der Waals surface area contributed by atoms with Gasteiger partial charge in [0, 0.05) is 19.0 Å². The molecule has 2 aliphatic carbocycles. The van der Waals surface area contributed by atoms with Crippen LogP contribution in [0.3, 0.4) is 0 Å². The van der Waals surface area contributed by atoms with Gasteiger partial charge in [0.1, 0.15) is 12.1 Å². The Hall–Kier alpha value is -2.32. The fourth-order valence-electron chi connectivity index (χ4n) is 6.04. The Morgan fingerprint density at radius 1 is 1.03 bits per heavy atom. The number of carbonyl (C=O) groups is 3. The van der Waals surface area contributed by atoms with Crippen LogP contribution >= 0.6 is 0 Å². The summed E-state index contributed by atoms with van der Waals surface area (Å²) in [5, 5.41) is 13.7. The summed E-state index contributed by atoms with van der Waals surface area (Å²) in [6.07, 6.45) is 13.0. The van der Waals surface area contributed by atoms with Gasteiger partial charge < -0.3 is 26.0 Å². The van der Waals surface area contributed by atoms with E-state index < -0.39 is 18.2 Å². The highest BCUT2D eigenvalue weighted by molar-refractivity contribution is 5.93. The number of carbonyl (C=O) groups excluding carboxylic acids is 3. The molecule has 0 aromatic carbocycles. The molecule has 3 aliphatic rings. The number of hydrogen-bond acceptors (Lipinski definition) is 5. The summed E-state index contributed by atoms with van der Waals surface area (Å²) in [5.41, 5.74) is 5.79. The summed E-state index contributed by atoms with van der Waals surface area (Å²) in [4.78, 5) is 40.7. The van der Waals surface area contributed by atoms with Crippen molar-refractivity contribution >= 4 is 23.7 Å². The fraction of sp³-hybridized carbons (Fsp3) is 0.846. The molecule has 2 saturated carbocycles. The molecule has 0 bridgehead atoms. The first-order valence-electron chi connectivity index (χ1n) is 13.7. The smallest absolute Gasteiger partial charge is 0.407 e. The van der Waals surface area contributed by atoms with Gasteiger partial charge in [-0.25, -0.2) is 4.79 Å². The summed E-state index contributed by atoms with van der Waals surface area (Å²) in [7, 11) is 0. The molecular formula is C26H45N5O4. The first kappa shape index (κ1) is 27.3. The van der Waals surface area contributed by atoms with Crippen LogP contribution in [-0.4, -0.2) is 60.4 Å². The third kappa shape index (κ3) is 8.10. The molecule has 0 radical (unpaired) electrons. The van der Waals surface area contributed by atoms with E-state index in [0.717, 1.165) is 32.1 Å². The quantitative estimate of drug-likeness (QED) is 0.274. The van der Waals surface area contributed by atoms with Gasteiger partial charge in [-0.2, -0.15) is 0 Å². The van der Waals surface area contributed by atoms with E-state index in [1.807, 2.05) is 0 Å². The zero-order chi connectivity index (χ0) is 25.2. The maximum Gasteiger partial charge on any atom is 0.407 e. The summed E-state index contributed by atoms with van der Waals surface area (Å²) in [5.74, 6) is 0.177. The van der Waals surface area contributed by atoms with E-state index >= 15 is 0 Å². The molecule has 3 fully saturated rings. The van der Waals surface area contributed by atoms with E-state index in [2.05, 4.69) is 10.6 Å². The number of nitrogens with zero attached hydrogens (tertiary/aromatic N) is 1. The molecule has 1 saturated heterocycles. The zero-order valence-corrected chi connectivity index (χ0v) is 21.4. The van der Waals surface area contributed by atoms with Crippen LogP contribution in [0, 0.1) is 23.2 Å². The van der Waals surface area contributed by atoms with Gasteiger partial charge in [-0.3, -0.25) is 15.0 Å². The lowest BCUT2D eigenvalue weighted by atomic mass is 9.84. The number of ether oxygens (including phenoxy) is 1. The van der Waals surface area contributed by atoms with E-state index in [0.29, 0.717) is 31.2 Å². The van der Waals surface area contributed by atoms with Crippen molar-refractivity contribution < 1.29 is 19.1 Å². The minimum absolute atomic E-state index is 0.0116. The molecule has 0 aromatic heterocycles. The second kappa shape index (κ2) is 13.7. The zero-order valence-electron chi connectivity index (χ0n) is 21.4. The standard InChI is InChI=1S/C26H45N5O4/c1-2-35-26(34)30-21(15-19-11-7-4-8-12-19)25(33)31-17-20(23(27)28)16-22(31)24(32)29-14-13-18-9-5-3-6-10-18/h18-22H,2-17H2,1H3,(H3,27,28)(H,29,32)(H,30,34)/t20-,21-,22+/m1/s1. The summed E-state index contributed by atoms with van der Waals surface area (Å²) < 4.78 is 5.06. The van der Waals surface area contributed by atoms with Crippen molar-refractivity contribution in [1.82, 2.24) is 15.5 Å². The number of nitrogens with one attached hydrogen (secondary N) is 3. The highest BCUT2D eigenvalue weighted by atomic mass is 16.5. The number of amides is 3. The van der Waals surface area contributed by atoms with Crippen LogP contribution < -0.4 is 16.4 Å². The maximum atomic E-state index is 13.7. The number of rotatable bonds is 10. The lowest BCUT2D eigenvalue weighted by molar-refractivity contribution is -0.140. The van der Waals surface area contributed by atoms with E-state index in [4.69, 9.17) is 15.9 Å². The molecule has 0 spiro atoms. The van der Waals surface area contributed by atoms with Gasteiger partial charge in [-0.1, -0.05) is 64.2 Å². The van der Waals surface area contributed by atoms with Gasteiger partial charge in [-0.15, -0.1) is 0 Å². The molecule has 3 atom stereocenters. The van der Waals surface area contributed by atoms with Crippen LogP contribution in [0.25, 0.3) is 0 Å². The summed E-state index contributed by atoms with van der Waals surface area (Å²) in [6, 6.07) is -1.43. The Kier molecular flexibility index (Phi) is 10.7. The van der Waals surface area contributed by atoms with Gasteiger partial charge in [0.15, 0.2) is 0 Å². The second-order valence-electron chi connectivity index (χ2n) is 10.6. The molecule has 5 N–H and O–H groups in total. The van der Waals surface area contributed by atoms with Gasteiger partial charge >= 0.3 is 6.09 Å². The Morgan fingerprint density at radius 2 is 1.66 bits per heavy atom. The average molecular weight is 492 g/mol. The Balaban J connectivity index is 1.67. The minimum atomic E-state index is -0.750. The highest BCUT2D eigenvalue weighted by Gasteiger charge is 2.43. The number of hydrogen-bond donors (Lipinski definition) is 4. The molecule has 1 heterocycles. The molecule has 0 aromatic rings. The average Bonchev–Trinajstić information content (AvgIpc) is 3.31. The number of likely N-dealkylation sites (tertiary alicyclic amines) is 1. The fourth-order valence-corrected chi connectivity index (χ4v) is 6.04. The van der Waals surface area contributed by atoms with Crippen molar-refractivity contribution in [2.45, 2.75) is 102 Å². The largest absolute Gasteiger partial charge is 0.450 e. The molecule has 3 rings (SSSR count). The van der Waals surface area contributed by atoms with Gasteiger partial charge in [0.25, 0.3) is 0 Å². The Morgan fingerprint density at radius 3 is 2.26 bits per heavy atom. The van der Waals surface area contributed by atoms with E-state index in [-0.39, 0.29) is 36.7 Å². The van der Waals surface area contributed by atoms with Crippen molar-refractivity contribution in [2.75, 3.05) is 19.7 Å². The van der Waals surface area contributed by atoms with E-state index in [9.17, 15) is 14.4 Å².